The Bertz CT molecular complexity index is 1070. The number of Topliss-reactive ketones (excluding diaryl/α,β-unsaturated/α-hetero) is 1. The third-order valence-electron chi connectivity index (χ3n) is 4.85. The van der Waals surface area contributed by atoms with Gasteiger partial charge in [-0.25, -0.2) is 9.18 Å². The second kappa shape index (κ2) is 8.41. The van der Waals surface area contributed by atoms with Gasteiger partial charge in [-0.15, -0.1) is 0 Å². The Kier molecular flexibility index (Phi) is 5.94. The van der Waals surface area contributed by atoms with Crippen LogP contribution in [0.25, 0.3) is 5.69 Å². The van der Waals surface area contributed by atoms with E-state index in [2.05, 4.69) is 0 Å². The molecule has 150 valence electrons. The summed E-state index contributed by atoms with van der Waals surface area (Å²) in [5.41, 5.74) is 4.01. The van der Waals surface area contributed by atoms with Gasteiger partial charge in [0.25, 0.3) is 0 Å². The van der Waals surface area contributed by atoms with E-state index in [1.165, 1.54) is 18.2 Å². The first-order valence-corrected chi connectivity index (χ1v) is 9.17. The van der Waals surface area contributed by atoms with Crippen LogP contribution in [0.4, 0.5) is 4.39 Å². The van der Waals surface area contributed by atoms with E-state index in [0.717, 1.165) is 5.69 Å². The predicted molar refractivity (Wildman–Crippen MR) is 107 cm³/mol. The van der Waals surface area contributed by atoms with Gasteiger partial charge in [-0.2, -0.15) is 0 Å². The van der Waals surface area contributed by atoms with Crippen LogP contribution in [0.15, 0.2) is 48.5 Å². The van der Waals surface area contributed by atoms with Gasteiger partial charge in [-0.3, -0.25) is 4.79 Å². The number of aromatic nitrogens is 1. The van der Waals surface area contributed by atoms with Crippen LogP contribution in [-0.2, 0) is 11.3 Å². The summed E-state index contributed by atoms with van der Waals surface area (Å²) in [5, 5.41) is 9.05. The molecule has 0 amide bonds. The lowest BCUT2D eigenvalue weighted by Gasteiger charge is -2.11. The number of hydrogen-bond acceptors (Lipinski definition) is 4. The molecule has 0 saturated carbocycles. The van der Waals surface area contributed by atoms with E-state index in [1.54, 1.807) is 48.7 Å². The van der Waals surface area contributed by atoms with Crippen LogP contribution in [0.1, 0.15) is 43.2 Å². The molecular formula is C23H22FNO4. The number of carbonyl (C=O) groups is 2. The molecule has 3 aromatic rings. The Balaban J connectivity index is 1.75. The molecule has 6 heteroatoms. The van der Waals surface area contributed by atoms with Crippen molar-refractivity contribution in [3.8, 4) is 5.69 Å². The number of rotatable bonds is 6. The summed E-state index contributed by atoms with van der Waals surface area (Å²) in [5.74, 6) is -1.27. The molecule has 5 nitrogen and oxygen atoms in total. The quantitative estimate of drug-likeness (QED) is 0.505. The molecule has 0 spiro atoms. The average Bonchev–Trinajstić information content (AvgIpc) is 3.02. The maximum atomic E-state index is 14.0. The highest BCUT2D eigenvalue weighted by atomic mass is 19.1. The van der Waals surface area contributed by atoms with Gasteiger partial charge in [-0.05, 0) is 62.2 Å². The van der Waals surface area contributed by atoms with E-state index in [4.69, 9.17) is 9.84 Å². The number of nitrogens with zero attached hydrogens (tertiary/aromatic N) is 1. The van der Waals surface area contributed by atoms with E-state index < -0.39 is 12.6 Å². The van der Waals surface area contributed by atoms with Gasteiger partial charge < -0.3 is 14.4 Å². The molecule has 0 unspecified atom stereocenters. The topological polar surface area (TPSA) is 68.5 Å². The lowest BCUT2D eigenvalue weighted by atomic mass is 10.1. The Labute approximate surface area is 168 Å². The summed E-state index contributed by atoms with van der Waals surface area (Å²) in [6, 6.07) is 12.9. The molecule has 0 bridgehead atoms. The van der Waals surface area contributed by atoms with E-state index in [0.29, 0.717) is 33.6 Å². The smallest absolute Gasteiger partial charge is 0.338 e. The van der Waals surface area contributed by atoms with Crippen LogP contribution in [0.2, 0.25) is 0 Å². The van der Waals surface area contributed by atoms with Crippen molar-refractivity contribution in [2.45, 2.75) is 27.4 Å². The molecule has 0 fully saturated rings. The predicted octanol–water partition coefficient (Wildman–Crippen LogP) is 4.07. The fraction of sp³-hybridized carbons (Fsp3) is 0.217. The van der Waals surface area contributed by atoms with E-state index in [-0.39, 0.29) is 18.2 Å². The first-order valence-electron chi connectivity index (χ1n) is 9.17. The zero-order valence-electron chi connectivity index (χ0n) is 16.5. The van der Waals surface area contributed by atoms with Gasteiger partial charge in [0, 0.05) is 22.6 Å². The molecule has 29 heavy (non-hydrogen) atoms. The van der Waals surface area contributed by atoms with Crippen LogP contribution >= 0.6 is 0 Å². The number of benzene rings is 2. The molecule has 2 aromatic carbocycles. The second-order valence-corrected chi connectivity index (χ2v) is 6.91. The summed E-state index contributed by atoms with van der Waals surface area (Å²) < 4.78 is 20.9. The van der Waals surface area contributed by atoms with E-state index >= 15 is 0 Å². The number of aryl methyl sites for hydroxylation is 2. The van der Waals surface area contributed by atoms with Crippen molar-refractivity contribution in [3.63, 3.8) is 0 Å². The largest absolute Gasteiger partial charge is 0.454 e. The SMILES string of the molecule is Cc1ccc(-n2c(C)cc(C(=O)COC(=O)c3ccc(CO)cc3)c2C)cc1F. The molecule has 3 rings (SSSR count). The van der Waals surface area contributed by atoms with Gasteiger partial charge in [-0.1, -0.05) is 18.2 Å². The number of ether oxygens (including phenoxy) is 1. The molecule has 1 N–H and O–H groups in total. The van der Waals surface area contributed by atoms with Crippen molar-refractivity contribution in [1.82, 2.24) is 4.57 Å². The minimum absolute atomic E-state index is 0.117. The number of halogens is 1. The highest BCUT2D eigenvalue weighted by Gasteiger charge is 2.19. The van der Waals surface area contributed by atoms with Gasteiger partial charge >= 0.3 is 5.97 Å². The molecule has 0 aliphatic carbocycles. The van der Waals surface area contributed by atoms with Crippen LogP contribution < -0.4 is 0 Å². The summed E-state index contributed by atoms with van der Waals surface area (Å²) >= 11 is 0. The van der Waals surface area contributed by atoms with E-state index in [1.807, 2.05) is 6.92 Å². The summed E-state index contributed by atoms with van der Waals surface area (Å²) in [7, 11) is 0. The Morgan fingerprint density at radius 1 is 1.03 bits per heavy atom. The third kappa shape index (κ3) is 4.27. The van der Waals surface area contributed by atoms with Crippen molar-refractivity contribution in [2.24, 2.45) is 0 Å². The number of carbonyl (C=O) groups excluding carboxylic acids is 2. The van der Waals surface area contributed by atoms with Gasteiger partial charge in [0.2, 0.25) is 5.78 Å². The number of aliphatic hydroxyl groups is 1. The molecule has 0 atom stereocenters. The van der Waals surface area contributed by atoms with Crippen molar-refractivity contribution in [1.29, 1.82) is 0 Å². The molecule has 1 aromatic heterocycles. The molecule has 1 heterocycles. The zero-order chi connectivity index (χ0) is 21.1. The standard InChI is InChI=1S/C23H22FNO4/c1-14-4-9-19(11-21(14)24)25-15(2)10-20(16(25)3)22(27)13-29-23(28)18-7-5-17(12-26)6-8-18/h4-11,26H,12-13H2,1-3H3. The van der Waals surface area contributed by atoms with Crippen LogP contribution in [-0.4, -0.2) is 28.0 Å². The van der Waals surface area contributed by atoms with Crippen molar-refractivity contribution < 1.29 is 23.8 Å². The van der Waals surface area contributed by atoms with Crippen molar-refractivity contribution in [3.05, 3.63) is 88.0 Å². The van der Waals surface area contributed by atoms with Gasteiger partial charge in [0.05, 0.1) is 12.2 Å². The van der Waals surface area contributed by atoms with E-state index in [9.17, 15) is 14.0 Å². The van der Waals surface area contributed by atoms with Crippen molar-refractivity contribution in [2.75, 3.05) is 6.61 Å². The summed E-state index contributed by atoms with van der Waals surface area (Å²) in [4.78, 5) is 24.8. The zero-order valence-corrected chi connectivity index (χ0v) is 16.5. The number of ketones is 1. The lowest BCUT2D eigenvalue weighted by molar-refractivity contribution is 0.0474. The van der Waals surface area contributed by atoms with Gasteiger partial charge in [0.15, 0.2) is 6.61 Å². The number of aliphatic hydroxyl groups excluding tert-OH is 1. The summed E-state index contributed by atoms with van der Waals surface area (Å²) in [6.45, 7) is 4.78. The first kappa shape index (κ1) is 20.5. The Hall–Kier alpha value is -3.25. The normalized spacial score (nSPS) is 10.8. The lowest BCUT2D eigenvalue weighted by Crippen LogP contribution is -2.15. The minimum atomic E-state index is -0.614. The Morgan fingerprint density at radius 2 is 1.72 bits per heavy atom. The molecular weight excluding hydrogens is 373 g/mol. The molecule has 0 aliphatic heterocycles. The third-order valence-corrected chi connectivity index (χ3v) is 4.85. The summed E-state index contributed by atoms with van der Waals surface area (Å²) in [6.07, 6.45) is 0. The average molecular weight is 395 g/mol. The highest BCUT2D eigenvalue weighted by molar-refractivity contribution is 6.00. The van der Waals surface area contributed by atoms with Crippen molar-refractivity contribution >= 4 is 11.8 Å². The maximum Gasteiger partial charge on any atom is 0.338 e. The Morgan fingerprint density at radius 3 is 2.34 bits per heavy atom. The minimum Gasteiger partial charge on any atom is -0.454 e. The second-order valence-electron chi connectivity index (χ2n) is 6.91. The van der Waals surface area contributed by atoms with Crippen LogP contribution in [0.5, 0.6) is 0 Å². The molecule has 0 radical (unpaired) electrons. The number of esters is 1. The highest BCUT2D eigenvalue weighted by Crippen LogP contribution is 2.23. The maximum absolute atomic E-state index is 14.0. The monoisotopic (exact) mass is 395 g/mol. The fourth-order valence-electron chi connectivity index (χ4n) is 3.20. The molecule has 0 saturated heterocycles. The first-order chi connectivity index (χ1) is 13.8. The van der Waals surface area contributed by atoms with Gasteiger partial charge in [0.1, 0.15) is 5.82 Å². The van der Waals surface area contributed by atoms with Crippen LogP contribution in [0.3, 0.4) is 0 Å². The number of hydrogen-bond donors (Lipinski definition) is 1. The fourth-order valence-corrected chi connectivity index (χ4v) is 3.20. The molecule has 0 aliphatic rings. The van der Waals surface area contributed by atoms with Crippen LogP contribution in [0, 0.1) is 26.6 Å².